The third-order valence-electron chi connectivity index (χ3n) is 1.65. The summed E-state index contributed by atoms with van der Waals surface area (Å²) in [6, 6.07) is 6.38. The molecule has 0 aliphatic heterocycles. The van der Waals surface area contributed by atoms with Crippen molar-refractivity contribution in [3.8, 4) is 0 Å². The lowest BCUT2D eigenvalue weighted by Crippen LogP contribution is -1.71. The van der Waals surface area contributed by atoms with Gasteiger partial charge in [-0.25, -0.2) is 4.98 Å². The molecule has 0 N–H and O–H groups in total. The minimum atomic E-state index is 0. The Kier molecular flexibility index (Phi) is 2.85. The topological polar surface area (TPSA) is 12.9 Å². The first kappa shape index (κ1) is 9.68. The molecule has 0 spiro atoms. The summed E-state index contributed by atoms with van der Waals surface area (Å²) in [5.41, 5.74) is 2.41. The minimum absolute atomic E-state index is 0. The summed E-state index contributed by atoms with van der Waals surface area (Å²) in [6.07, 6.45) is 0. The van der Waals surface area contributed by atoms with Crippen LogP contribution in [0.4, 0.5) is 0 Å². The van der Waals surface area contributed by atoms with Crippen molar-refractivity contribution >= 4 is 38.5 Å². The molecule has 0 aliphatic rings. The molecule has 64 valence electrons. The van der Waals surface area contributed by atoms with Gasteiger partial charge in [0.15, 0.2) is 0 Å². The molecule has 0 unspecified atom stereocenters. The number of hydrogen-bond donors (Lipinski definition) is 0. The zero-order chi connectivity index (χ0) is 7.84. The molecule has 1 aromatic heterocycles. The minimum Gasteiger partial charge on any atom is -0.242 e. The van der Waals surface area contributed by atoms with Crippen molar-refractivity contribution in [2.45, 2.75) is 13.8 Å². The zero-order valence-electron chi connectivity index (χ0n) is 7.00. The van der Waals surface area contributed by atoms with Gasteiger partial charge in [0, 0.05) is 0 Å². The molecular formula is C9H10BrNS. The highest BCUT2D eigenvalue weighted by Gasteiger charge is 1.98. The number of thiazole rings is 1. The zero-order valence-corrected chi connectivity index (χ0v) is 9.53. The van der Waals surface area contributed by atoms with Crippen molar-refractivity contribution in [2.75, 3.05) is 0 Å². The van der Waals surface area contributed by atoms with Gasteiger partial charge in [-0.1, -0.05) is 6.07 Å². The fourth-order valence-corrected chi connectivity index (χ4v) is 1.96. The average Bonchev–Trinajstić information content (AvgIpc) is 2.27. The van der Waals surface area contributed by atoms with E-state index in [0.29, 0.717) is 0 Å². The van der Waals surface area contributed by atoms with E-state index in [2.05, 4.69) is 30.1 Å². The van der Waals surface area contributed by atoms with E-state index in [-0.39, 0.29) is 17.0 Å². The third kappa shape index (κ3) is 1.67. The van der Waals surface area contributed by atoms with E-state index in [1.165, 1.54) is 10.3 Å². The number of halogens is 1. The van der Waals surface area contributed by atoms with E-state index in [1.54, 1.807) is 11.3 Å². The molecule has 2 aromatic rings. The number of nitrogens with zero attached hydrogens (tertiary/aromatic N) is 1. The van der Waals surface area contributed by atoms with Gasteiger partial charge in [0.1, 0.15) is 0 Å². The Hall–Kier alpha value is -0.410. The molecule has 0 amide bonds. The number of hydrogen-bond acceptors (Lipinski definition) is 2. The van der Waals surface area contributed by atoms with Crippen molar-refractivity contribution in [3.63, 3.8) is 0 Å². The highest BCUT2D eigenvalue weighted by Crippen LogP contribution is 2.21. The molecule has 2 rings (SSSR count). The quantitative estimate of drug-likeness (QED) is 0.691. The molecule has 0 bridgehead atoms. The maximum absolute atomic E-state index is 4.39. The Morgan fingerprint density at radius 3 is 2.75 bits per heavy atom. The van der Waals surface area contributed by atoms with Crippen molar-refractivity contribution in [2.24, 2.45) is 0 Å². The standard InChI is InChI=1S/C9H9NS.BrH/c1-6-3-4-9-8(5-6)10-7(2)11-9;/h3-5H,1-2H3;1H. The Morgan fingerprint density at radius 2 is 2.00 bits per heavy atom. The number of aryl methyl sites for hydroxylation is 2. The maximum Gasteiger partial charge on any atom is 0.0907 e. The van der Waals surface area contributed by atoms with Crippen LogP contribution in [0.25, 0.3) is 10.2 Å². The van der Waals surface area contributed by atoms with Crippen LogP contribution in [0, 0.1) is 13.8 Å². The van der Waals surface area contributed by atoms with E-state index < -0.39 is 0 Å². The second-order valence-corrected chi connectivity index (χ2v) is 3.94. The van der Waals surface area contributed by atoms with Crippen LogP contribution in [-0.2, 0) is 0 Å². The molecule has 3 heteroatoms. The molecule has 0 radical (unpaired) electrons. The molecule has 0 fully saturated rings. The summed E-state index contributed by atoms with van der Waals surface area (Å²) in [6.45, 7) is 4.13. The van der Waals surface area contributed by atoms with Gasteiger partial charge >= 0.3 is 0 Å². The van der Waals surface area contributed by atoms with Gasteiger partial charge in [-0.2, -0.15) is 0 Å². The summed E-state index contributed by atoms with van der Waals surface area (Å²) >= 11 is 1.75. The van der Waals surface area contributed by atoms with Crippen LogP contribution in [0.5, 0.6) is 0 Å². The molecule has 1 heterocycles. The third-order valence-corrected chi connectivity index (χ3v) is 2.60. The van der Waals surface area contributed by atoms with Gasteiger partial charge in [-0.3, -0.25) is 0 Å². The van der Waals surface area contributed by atoms with Crippen molar-refractivity contribution in [1.29, 1.82) is 0 Å². The first-order chi connectivity index (χ1) is 5.25. The molecule has 1 nitrogen and oxygen atoms in total. The lowest BCUT2D eigenvalue weighted by molar-refractivity contribution is 1.34. The Balaban J connectivity index is 0.000000720. The predicted octanol–water partition coefficient (Wildman–Crippen LogP) is 3.49. The second-order valence-electron chi connectivity index (χ2n) is 2.70. The maximum atomic E-state index is 4.39. The van der Waals surface area contributed by atoms with Crippen molar-refractivity contribution < 1.29 is 0 Å². The smallest absolute Gasteiger partial charge is 0.0907 e. The fourth-order valence-electron chi connectivity index (χ4n) is 1.15. The van der Waals surface area contributed by atoms with E-state index in [4.69, 9.17) is 0 Å². The van der Waals surface area contributed by atoms with Gasteiger partial charge in [0.2, 0.25) is 0 Å². The summed E-state index contributed by atoms with van der Waals surface area (Å²) in [5, 5.41) is 1.14. The molecule has 0 saturated heterocycles. The van der Waals surface area contributed by atoms with E-state index in [9.17, 15) is 0 Å². The lowest BCUT2D eigenvalue weighted by atomic mass is 10.2. The summed E-state index contributed by atoms with van der Waals surface area (Å²) in [5.74, 6) is 0. The van der Waals surface area contributed by atoms with Crippen LogP contribution < -0.4 is 0 Å². The SMILES string of the molecule is Br.Cc1ccc2sc(C)nc2c1. The Labute approximate surface area is 86.2 Å². The average molecular weight is 244 g/mol. The Morgan fingerprint density at radius 1 is 1.25 bits per heavy atom. The molecule has 12 heavy (non-hydrogen) atoms. The molecule has 1 aromatic carbocycles. The largest absolute Gasteiger partial charge is 0.242 e. The van der Waals surface area contributed by atoms with E-state index >= 15 is 0 Å². The molecule has 0 atom stereocenters. The van der Waals surface area contributed by atoms with Gasteiger partial charge < -0.3 is 0 Å². The number of aromatic nitrogens is 1. The van der Waals surface area contributed by atoms with Crippen molar-refractivity contribution in [1.82, 2.24) is 4.98 Å². The van der Waals surface area contributed by atoms with Gasteiger partial charge in [-0.15, -0.1) is 28.3 Å². The highest BCUT2D eigenvalue weighted by atomic mass is 79.9. The lowest BCUT2D eigenvalue weighted by Gasteiger charge is -1.88. The van der Waals surface area contributed by atoms with Crippen LogP contribution in [-0.4, -0.2) is 4.98 Å². The normalized spacial score (nSPS) is 9.83. The van der Waals surface area contributed by atoms with E-state index in [0.717, 1.165) is 10.5 Å². The molecule has 0 saturated carbocycles. The summed E-state index contributed by atoms with van der Waals surface area (Å²) < 4.78 is 1.29. The summed E-state index contributed by atoms with van der Waals surface area (Å²) in [4.78, 5) is 4.39. The fraction of sp³-hybridized carbons (Fsp3) is 0.222. The summed E-state index contributed by atoms with van der Waals surface area (Å²) in [7, 11) is 0. The van der Waals surface area contributed by atoms with Crippen LogP contribution >= 0.6 is 28.3 Å². The van der Waals surface area contributed by atoms with Crippen LogP contribution in [0.2, 0.25) is 0 Å². The van der Waals surface area contributed by atoms with Crippen LogP contribution in [0.15, 0.2) is 18.2 Å². The Bertz CT molecular complexity index is 394. The van der Waals surface area contributed by atoms with Gasteiger partial charge in [-0.05, 0) is 31.5 Å². The second kappa shape index (κ2) is 3.54. The number of rotatable bonds is 0. The first-order valence-corrected chi connectivity index (χ1v) is 4.41. The van der Waals surface area contributed by atoms with Crippen LogP contribution in [0.3, 0.4) is 0 Å². The monoisotopic (exact) mass is 243 g/mol. The van der Waals surface area contributed by atoms with Gasteiger partial charge in [0.25, 0.3) is 0 Å². The molecular weight excluding hydrogens is 234 g/mol. The highest BCUT2D eigenvalue weighted by molar-refractivity contribution is 8.93. The van der Waals surface area contributed by atoms with Gasteiger partial charge in [0.05, 0.1) is 15.2 Å². The molecule has 0 aliphatic carbocycles. The van der Waals surface area contributed by atoms with E-state index in [1.807, 2.05) is 6.92 Å². The number of fused-ring (bicyclic) bond motifs is 1. The number of benzene rings is 1. The predicted molar refractivity (Wildman–Crippen MR) is 59.4 cm³/mol. The first-order valence-electron chi connectivity index (χ1n) is 3.59. The van der Waals surface area contributed by atoms with Crippen LogP contribution in [0.1, 0.15) is 10.6 Å². The van der Waals surface area contributed by atoms with Crippen molar-refractivity contribution in [3.05, 3.63) is 28.8 Å².